The molecule has 1 aromatic carbocycles. The topological polar surface area (TPSA) is 55.6 Å². The molecule has 1 aliphatic heterocycles. The first-order valence-corrected chi connectivity index (χ1v) is 7.13. The van der Waals surface area contributed by atoms with Gasteiger partial charge < -0.3 is 15.4 Å². The van der Waals surface area contributed by atoms with Crippen molar-refractivity contribution in [3.63, 3.8) is 0 Å². The predicted octanol–water partition coefficient (Wildman–Crippen LogP) is 2.04. The summed E-state index contributed by atoms with van der Waals surface area (Å²) in [6, 6.07) is 3.66. The molecule has 1 heterocycles. The normalized spacial score (nSPS) is 15.3. The zero-order valence-electron chi connectivity index (χ0n) is 11.7. The highest BCUT2D eigenvalue weighted by Gasteiger charge is 2.25. The van der Waals surface area contributed by atoms with Crippen LogP contribution in [0.2, 0.25) is 0 Å². The molecule has 0 fully saturated rings. The molecule has 20 heavy (non-hydrogen) atoms. The summed E-state index contributed by atoms with van der Waals surface area (Å²) in [5.74, 6) is -0.0326. The van der Waals surface area contributed by atoms with Gasteiger partial charge in [-0.05, 0) is 42.2 Å². The number of rotatable bonds is 3. The lowest BCUT2D eigenvalue weighted by molar-refractivity contribution is -0.134. The van der Waals surface area contributed by atoms with Gasteiger partial charge in [-0.15, -0.1) is 12.4 Å². The Bertz CT molecular complexity index is 496. The summed E-state index contributed by atoms with van der Waals surface area (Å²) in [5.41, 5.74) is 9.59. The third-order valence-corrected chi connectivity index (χ3v) is 3.96. The number of halogens is 2. The fraction of sp³-hybridized carbons (Fsp3) is 0.500. The van der Waals surface area contributed by atoms with Gasteiger partial charge in [0.25, 0.3) is 0 Å². The lowest BCUT2D eigenvalue weighted by Gasteiger charge is -2.31. The maximum Gasteiger partial charge on any atom is 0.242 e. The lowest BCUT2D eigenvalue weighted by Crippen LogP contribution is -2.47. The number of amides is 1. The van der Waals surface area contributed by atoms with Gasteiger partial charge in [-0.1, -0.05) is 15.9 Å². The fourth-order valence-electron chi connectivity index (χ4n) is 2.49. The molecule has 2 N–H and O–H groups in total. The number of carbonyl (C=O) groups is 1. The molecule has 0 saturated heterocycles. The van der Waals surface area contributed by atoms with E-state index in [1.807, 2.05) is 4.90 Å². The van der Waals surface area contributed by atoms with Crippen molar-refractivity contribution in [3.05, 3.63) is 33.3 Å². The molecule has 0 bridgehead atoms. The Kier molecular flexibility index (Phi) is 6.45. The number of fused-ring (bicyclic) bond motifs is 1. The van der Waals surface area contributed by atoms with E-state index in [9.17, 15) is 4.79 Å². The van der Waals surface area contributed by atoms with E-state index >= 15 is 0 Å². The van der Waals surface area contributed by atoms with E-state index in [1.165, 1.54) is 16.7 Å². The summed E-state index contributed by atoms with van der Waals surface area (Å²) in [7, 11) is 1.56. The second-order valence-electron chi connectivity index (χ2n) is 4.93. The molecular formula is C14H20BrClN2O2. The quantitative estimate of drug-likeness (QED) is 0.894. The van der Waals surface area contributed by atoms with Gasteiger partial charge in [0.2, 0.25) is 5.91 Å². The number of hydrogen-bond acceptors (Lipinski definition) is 3. The Labute approximate surface area is 134 Å². The summed E-state index contributed by atoms with van der Waals surface area (Å²) >= 11 is 3.51. The third kappa shape index (κ3) is 3.73. The Morgan fingerprint density at radius 3 is 2.90 bits per heavy atom. The Morgan fingerprint density at radius 1 is 1.55 bits per heavy atom. The van der Waals surface area contributed by atoms with Crippen LogP contribution in [0.25, 0.3) is 0 Å². The van der Waals surface area contributed by atoms with Crippen molar-refractivity contribution in [3.8, 4) is 0 Å². The van der Waals surface area contributed by atoms with Crippen molar-refractivity contribution in [1.29, 1.82) is 0 Å². The number of carbonyl (C=O) groups excluding carboxylic acids is 1. The number of nitrogens with zero attached hydrogens (tertiary/aromatic N) is 1. The van der Waals surface area contributed by atoms with Crippen LogP contribution in [0, 0.1) is 6.92 Å². The van der Waals surface area contributed by atoms with Crippen molar-refractivity contribution in [1.82, 2.24) is 4.90 Å². The van der Waals surface area contributed by atoms with Gasteiger partial charge in [0.15, 0.2) is 0 Å². The second-order valence-corrected chi connectivity index (χ2v) is 5.85. The summed E-state index contributed by atoms with van der Waals surface area (Å²) < 4.78 is 6.04. The molecule has 0 aliphatic carbocycles. The van der Waals surface area contributed by atoms with Crippen LogP contribution in [0.3, 0.4) is 0 Å². The van der Waals surface area contributed by atoms with Gasteiger partial charge in [0.05, 0.1) is 6.61 Å². The summed E-state index contributed by atoms with van der Waals surface area (Å²) in [6.45, 7) is 3.71. The number of benzene rings is 1. The molecule has 0 saturated carbocycles. The van der Waals surface area contributed by atoms with E-state index in [0.717, 1.165) is 17.4 Å². The Balaban J connectivity index is 0.00000200. The molecule has 1 aromatic rings. The van der Waals surface area contributed by atoms with E-state index in [0.29, 0.717) is 6.54 Å². The Morgan fingerprint density at radius 2 is 2.25 bits per heavy atom. The number of methoxy groups -OCH3 is 1. The zero-order chi connectivity index (χ0) is 14.0. The average Bonchev–Trinajstić information content (AvgIpc) is 2.37. The van der Waals surface area contributed by atoms with E-state index in [2.05, 4.69) is 35.0 Å². The molecule has 1 atom stereocenters. The van der Waals surface area contributed by atoms with Crippen LogP contribution in [0.1, 0.15) is 16.7 Å². The summed E-state index contributed by atoms with van der Waals surface area (Å²) in [5, 5.41) is 0. The maximum absolute atomic E-state index is 12.2. The first-order chi connectivity index (χ1) is 9.02. The number of nitrogens with two attached hydrogens (primary N) is 1. The van der Waals surface area contributed by atoms with Crippen LogP contribution in [0.4, 0.5) is 0 Å². The van der Waals surface area contributed by atoms with Crippen LogP contribution < -0.4 is 5.73 Å². The smallest absolute Gasteiger partial charge is 0.242 e. The van der Waals surface area contributed by atoms with Crippen molar-refractivity contribution >= 4 is 34.2 Å². The van der Waals surface area contributed by atoms with Crippen LogP contribution in [-0.4, -0.2) is 37.1 Å². The third-order valence-electron chi connectivity index (χ3n) is 3.51. The molecular weight excluding hydrogens is 344 g/mol. The molecule has 112 valence electrons. The van der Waals surface area contributed by atoms with E-state index in [1.54, 1.807) is 7.11 Å². The monoisotopic (exact) mass is 362 g/mol. The van der Waals surface area contributed by atoms with Crippen molar-refractivity contribution in [2.75, 3.05) is 20.3 Å². The van der Waals surface area contributed by atoms with Gasteiger partial charge in [-0.3, -0.25) is 4.79 Å². The van der Waals surface area contributed by atoms with Gasteiger partial charge in [0, 0.05) is 24.7 Å². The highest BCUT2D eigenvalue weighted by Crippen LogP contribution is 2.26. The van der Waals surface area contributed by atoms with E-state index in [-0.39, 0.29) is 24.9 Å². The molecule has 4 nitrogen and oxygen atoms in total. The molecule has 1 unspecified atom stereocenters. The number of aryl methyl sites for hydroxylation is 1. The minimum absolute atomic E-state index is 0. The Hall–Kier alpha value is -0.620. The molecule has 1 aliphatic rings. The maximum atomic E-state index is 12.2. The molecule has 0 radical (unpaired) electrons. The number of ether oxygens (including phenoxy) is 1. The van der Waals surface area contributed by atoms with Crippen LogP contribution in [0.15, 0.2) is 16.6 Å². The van der Waals surface area contributed by atoms with E-state index < -0.39 is 6.04 Å². The van der Waals surface area contributed by atoms with Crippen LogP contribution >= 0.6 is 28.3 Å². The number of hydrogen-bond donors (Lipinski definition) is 1. The molecule has 0 spiro atoms. The standard InChI is InChI=1S/C14H19BrN2O2.ClH/c1-9-5-11(15)6-10-3-4-17(7-12(9)10)14(18)13(16)8-19-2;/h5-6,13H,3-4,7-8,16H2,1-2H3;1H. The minimum atomic E-state index is -0.567. The van der Waals surface area contributed by atoms with Crippen LogP contribution in [0.5, 0.6) is 0 Å². The first-order valence-electron chi connectivity index (χ1n) is 6.34. The van der Waals surface area contributed by atoms with Crippen LogP contribution in [-0.2, 0) is 22.5 Å². The fourth-order valence-corrected chi connectivity index (χ4v) is 3.11. The predicted molar refractivity (Wildman–Crippen MR) is 85.1 cm³/mol. The van der Waals surface area contributed by atoms with Gasteiger partial charge >= 0.3 is 0 Å². The largest absolute Gasteiger partial charge is 0.383 e. The summed E-state index contributed by atoms with van der Waals surface area (Å²) in [4.78, 5) is 14.0. The highest BCUT2D eigenvalue weighted by molar-refractivity contribution is 9.10. The molecule has 1 amide bonds. The lowest BCUT2D eigenvalue weighted by atomic mass is 9.95. The molecule has 0 aromatic heterocycles. The molecule has 2 rings (SSSR count). The highest BCUT2D eigenvalue weighted by atomic mass is 79.9. The first kappa shape index (κ1) is 17.4. The summed E-state index contributed by atoms with van der Waals surface area (Å²) in [6.07, 6.45) is 0.876. The average molecular weight is 364 g/mol. The second kappa shape index (κ2) is 7.41. The van der Waals surface area contributed by atoms with Gasteiger partial charge in [0.1, 0.15) is 6.04 Å². The molecule has 6 heteroatoms. The van der Waals surface area contributed by atoms with Gasteiger partial charge in [-0.2, -0.15) is 0 Å². The van der Waals surface area contributed by atoms with E-state index in [4.69, 9.17) is 10.5 Å². The van der Waals surface area contributed by atoms with Gasteiger partial charge in [-0.25, -0.2) is 0 Å². The van der Waals surface area contributed by atoms with Crippen molar-refractivity contribution in [2.45, 2.75) is 25.9 Å². The van der Waals surface area contributed by atoms with Crippen molar-refractivity contribution in [2.24, 2.45) is 5.73 Å². The minimum Gasteiger partial charge on any atom is -0.383 e. The van der Waals surface area contributed by atoms with Crippen molar-refractivity contribution < 1.29 is 9.53 Å². The SMILES string of the molecule is COCC(N)C(=O)N1CCc2cc(Br)cc(C)c2C1.Cl. The zero-order valence-corrected chi connectivity index (χ0v) is 14.1.